The van der Waals surface area contributed by atoms with Gasteiger partial charge in [-0.15, -0.1) is 0 Å². The van der Waals surface area contributed by atoms with Crippen molar-refractivity contribution in [3.63, 3.8) is 0 Å². The molecule has 0 amide bonds. The smallest absolute Gasteiger partial charge is 0.165 e. The van der Waals surface area contributed by atoms with Crippen LogP contribution in [0.2, 0.25) is 0 Å². The lowest BCUT2D eigenvalue weighted by atomic mass is 9.42. The highest BCUT2D eigenvalue weighted by Gasteiger charge is 2.71. The molecule has 26 heavy (non-hydrogen) atoms. The molecule has 2 heterocycles. The monoisotopic (exact) mass is 354 g/mol. The quantitative estimate of drug-likeness (QED) is 0.876. The summed E-state index contributed by atoms with van der Waals surface area (Å²) in [6.45, 7) is 4.82. The van der Waals surface area contributed by atoms with Crippen molar-refractivity contribution in [3.05, 3.63) is 23.3 Å². The fourth-order valence-corrected chi connectivity index (χ4v) is 7.46. The zero-order valence-electron chi connectivity index (χ0n) is 15.7. The van der Waals surface area contributed by atoms with E-state index in [1.54, 1.807) is 0 Å². The van der Waals surface area contributed by atoms with Crippen LogP contribution < -0.4 is 10.5 Å². The van der Waals surface area contributed by atoms with Gasteiger partial charge < -0.3 is 15.6 Å². The average molecular weight is 354 g/mol. The van der Waals surface area contributed by atoms with Gasteiger partial charge in [-0.1, -0.05) is 13.0 Å². The Kier molecular flexibility index (Phi) is 3.01. The number of phenols is 1. The van der Waals surface area contributed by atoms with Crippen LogP contribution in [-0.4, -0.2) is 41.3 Å². The van der Waals surface area contributed by atoms with Crippen LogP contribution in [0.15, 0.2) is 12.1 Å². The summed E-state index contributed by atoms with van der Waals surface area (Å²) in [6.07, 6.45) is 8.52. The molecule has 2 saturated carbocycles. The van der Waals surface area contributed by atoms with Gasteiger partial charge in [-0.25, -0.2) is 0 Å². The molecule has 4 heteroatoms. The van der Waals surface area contributed by atoms with Gasteiger partial charge in [-0.05, 0) is 74.5 Å². The van der Waals surface area contributed by atoms with Crippen molar-refractivity contribution in [2.24, 2.45) is 17.1 Å². The van der Waals surface area contributed by atoms with Crippen molar-refractivity contribution in [1.29, 1.82) is 0 Å². The summed E-state index contributed by atoms with van der Waals surface area (Å²) in [5.41, 5.74) is 9.62. The van der Waals surface area contributed by atoms with E-state index in [9.17, 15) is 5.11 Å². The number of nitrogens with zero attached hydrogens (tertiary/aromatic N) is 1. The fourth-order valence-electron chi connectivity index (χ4n) is 7.46. The average Bonchev–Trinajstić information content (AvgIpc) is 3.38. The van der Waals surface area contributed by atoms with Crippen LogP contribution in [0.4, 0.5) is 0 Å². The predicted octanol–water partition coefficient (Wildman–Crippen LogP) is 2.95. The van der Waals surface area contributed by atoms with E-state index in [0.29, 0.717) is 11.8 Å². The van der Waals surface area contributed by atoms with Crippen LogP contribution in [0.1, 0.15) is 56.6 Å². The molecule has 1 spiro atoms. The predicted molar refractivity (Wildman–Crippen MR) is 101 cm³/mol. The van der Waals surface area contributed by atoms with Gasteiger partial charge in [0.1, 0.15) is 6.10 Å². The molecule has 6 rings (SSSR count). The van der Waals surface area contributed by atoms with Gasteiger partial charge >= 0.3 is 0 Å². The molecule has 4 nitrogen and oxygen atoms in total. The number of likely N-dealkylation sites (tertiary alicyclic amines) is 1. The van der Waals surface area contributed by atoms with Gasteiger partial charge in [0.2, 0.25) is 0 Å². The second-order valence-electron chi connectivity index (χ2n) is 9.58. The van der Waals surface area contributed by atoms with E-state index in [-0.39, 0.29) is 23.0 Å². The normalized spacial score (nSPS) is 43.1. The van der Waals surface area contributed by atoms with E-state index in [1.165, 1.54) is 43.4 Å². The van der Waals surface area contributed by atoms with Gasteiger partial charge in [-0.2, -0.15) is 0 Å². The molecule has 2 bridgehead atoms. The first-order valence-electron chi connectivity index (χ1n) is 10.6. The van der Waals surface area contributed by atoms with Crippen molar-refractivity contribution in [1.82, 2.24) is 4.90 Å². The molecule has 3 fully saturated rings. The number of benzene rings is 1. The number of hydrogen-bond donors (Lipinski definition) is 2. The SMILES string of the molecule is CC[C@@]12CCC(N)C3Oc4c(O)ccc5c4[C@@]31CCN(CC1CC1)[C@@H]2C5. The van der Waals surface area contributed by atoms with E-state index < -0.39 is 0 Å². The minimum atomic E-state index is 0.00574. The lowest BCUT2D eigenvalue weighted by Crippen LogP contribution is -2.73. The van der Waals surface area contributed by atoms with Crippen LogP contribution >= 0.6 is 0 Å². The highest BCUT2D eigenvalue weighted by atomic mass is 16.5. The Labute approximate surface area is 155 Å². The maximum atomic E-state index is 10.6. The molecular formula is C22H30N2O2. The zero-order valence-corrected chi connectivity index (χ0v) is 15.7. The van der Waals surface area contributed by atoms with Crippen LogP contribution in [0.25, 0.3) is 0 Å². The maximum absolute atomic E-state index is 10.6. The number of rotatable bonds is 3. The van der Waals surface area contributed by atoms with Crippen molar-refractivity contribution in [2.45, 2.75) is 75.5 Å². The van der Waals surface area contributed by atoms with Gasteiger partial charge in [0.15, 0.2) is 11.5 Å². The molecule has 3 aliphatic carbocycles. The van der Waals surface area contributed by atoms with Crippen LogP contribution in [-0.2, 0) is 11.8 Å². The summed E-state index contributed by atoms with van der Waals surface area (Å²) in [7, 11) is 0. The number of piperidine rings is 1. The Morgan fingerprint density at radius 1 is 1.27 bits per heavy atom. The largest absolute Gasteiger partial charge is 0.504 e. The maximum Gasteiger partial charge on any atom is 0.165 e. The zero-order chi connectivity index (χ0) is 17.7. The number of hydrogen-bond acceptors (Lipinski definition) is 4. The molecule has 1 aromatic carbocycles. The number of aromatic hydroxyl groups is 1. The third kappa shape index (κ3) is 1.65. The highest BCUT2D eigenvalue weighted by Crippen LogP contribution is 2.70. The van der Waals surface area contributed by atoms with E-state index >= 15 is 0 Å². The summed E-state index contributed by atoms with van der Waals surface area (Å²) >= 11 is 0. The van der Waals surface area contributed by atoms with Crippen molar-refractivity contribution in [3.8, 4) is 11.5 Å². The van der Waals surface area contributed by atoms with Crippen LogP contribution in [0, 0.1) is 11.3 Å². The molecule has 1 saturated heterocycles. The number of ether oxygens (including phenoxy) is 1. The van der Waals surface area contributed by atoms with E-state index in [2.05, 4.69) is 17.9 Å². The van der Waals surface area contributed by atoms with Crippen molar-refractivity contribution < 1.29 is 9.84 Å². The summed E-state index contributed by atoms with van der Waals surface area (Å²) < 4.78 is 6.48. The van der Waals surface area contributed by atoms with E-state index in [1.807, 2.05) is 6.07 Å². The van der Waals surface area contributed by atoms with Gasteiger partial charge in [0, 0.05) is 29.6 Å². The summed E-state index contributed by atoms with van der Waals surface area (Å²) in [5, 5.41) is 10.6. The summed E-state index contributed by atoms with van der Waals surface area (Å²) in [4.78, 5) is 2.83. The minimum Gasteiger partial charge on any atom is -0.504 e. The second kappa shape index (κ2) is 4.96. The number of phenolic OH excluding ortho intramolecular Hbond substituents is 1. The Morgan fingerprint density at radius 2 is 2.12 bits per heavy atom. The summed E-state index contributed by atoms with van der Waals surface area (Å²) in [6, 6.07) is 4.68. The Morgan fingerprint density at radius 3 is 2.88 bits per heavy atom. The van der Waals surface area contributed by atoms with Gasteiger partial charge in [0.05, 0.1) is 0 Å². The van der Waals surface area contributed by atoms with E-state index in [4.69, 9.17) is 10.5 Å². The molecule has 5 aliphatic rings. The molecule has 0 aromatic heterocycles. The molecule has 3 N–H and O–H groups in total. The third-order valence-corrected chi connectivity index (χ3v) is 8.71. The topological polar surface area (TPSA) is 58.7 Å². The number of nitrogens with two attached hydrogens (primary N) is 1. The molecule has 2 aliphatic heterocycles. The van der Waals surface area contributed by atoms with Gasteiger partial charge in [0.25, 0.3) is 0 Å². The first-order chi connectivity index (χ1) is 12.6. The highest BCUT2D eigenvalue weighted by molar-refractivity contribution is 5.62. The first kappa shape index (κ1) is 15.8. The molecule has 5 atom stereocenters. The Bertz CT molecular complexity index is 776. The molecule has 0 radical (unpaired) electrons. The van der Waals surface area contributed by atoms with Crippen LogP contribution in [0.5, 0.6) is 11.5 Å². The Balaban J connectivity index is 1.58. The third-order valence-electron chi connectivity index (χ3n) is 8.71. The minimum absolute atomic E-state index is 0.00574. The second-order valence-corrected chi connectivity index (χ2v) is 9.58. The Hall–Kier alpha value is -1.26. The first-order valence-corrected chi connectivity index (χ1v) is 10.6. The van der Waals surface area contributed by atoms with E-state index in [0.717, 1.165) is 37.5 Å². The molecule has 2 unspecified atom stereocenters. The van der Waals surface area contributed by atoms with Crippen molar-refractivity contribution >= 4 is 0 Å². The lowest BCUT2D eigenvalue weighted by Gasteiger charge is -2.66. The van der Waals surface area contributed by atoms with Crippen molar-refractivity contribution in [2.75, 3.05) is 13.1 Å². The molecule has 140 valence electrons. The standard InChI is InChI=1S/C22H30N2O2/c1-2-21-8-7-15(23)20-22(21)9-10-24(12-13-3-4-13)17(21)11-14-5-6-16(25)19(26-20)18(14)22/h5-6,13,15,17,20,25H,2-4,7-12,23H2,1H3/t15?,17-,20?,21+,22+/m1/s1. The molecular weight excluding hydrogens is 324 g/mol. The lowest BCUT2D eigenvalue weighted by molar-refractivity contribution is -0.133. The van der Waals surface area contributed by atoms with Crippen LogP contribution in [0.3, 0.4) is 0 Å². The van der Waals surface area contributed by atoms with Gasteiger partial charge in [-0.3, -0.25) is 4.90 Å². The molecule has 1 aromatic rings. The summed E-state index contributed by atoms with van der Waals surface area (Å²) in [5.74, 6) is 2.00. The fraction of sp³-hybridized carbons (Fsp3) is 0.727.